The summed E-state index contributed by atoms with van der Waals surface area (Å²) in [4.78, 5) is 7.12. The largest absolute Gasteiger partial charge is 0.369 e. The summed E-state index contributed by atoms with van der Waals surface area (Å²) in [6, 6.07) is 4.91. The van der Waals surface area contributed by atoms with Gasteiger partial charge < -0.3 is 19.9 Å². The molecular weight excluding hydrogens is 262 g/mol. The number of nitrogens with zero attached hydrogens (tertiary/aromatic N) is 3. The Kier molecular flexibility index (Phi) is 3.53. The first-order valence-corrected chi connectivity index (χ1v) is 8.08. The summed E-state index contributed by atoms with van der Waals surface area (Å²) in [7, 11) is 0. The third-order valence-corrected chi connectivity index (χ3v) is 4.65. The quantitative estimate of drug-likeness (QED) is 0.879. The van der Waals surface area contributed by atoms with Crippen LogP contribution in [0.3, 0.4) is 0 Å². The van der Waals surface area contributed by atoms with Crippen molar-refractivity contribution in [3.63, 3.8) is 0 Å². The van der Waals surface area contributed by atoms with E-state index >= 15 is 0 Å². The van der Waals surface area contributed by atoms with Crippen LogP contribution in [0.5, 0.6) is 0 Å². The zero-order chi connectivity index (χ0) is 14.1. The molecule has 4 rings (SSSR count). The maximum atomic E-state index is 4.67. The molecule has 0 spiro atoms. The van der Waals surface area contributed by atoms with Crippen LogP contribution in [-0.4, -0.2) is 42.1 Å². The molecule has 2 N–H and O–H groups in total. The summed E-state index contributed by atoms with van der Waals surface area (Å²) < 4.78 is 2.24. The Hall–Kier alpha value is -1.59. The van der Waals surface area contributed by atoms with Crippen LogP contribution in [0.25, 0.3) is 5.52 Å². The molecule has 0 radical (unpaired) electrons. The van der Waals surface area contributed by atoms with Gasteiger partial charge in [-0.2, -0.15) is 0 Å². The van der Waals surface area contributed by atoms with E-state index in [-0.39, 0.29) is 0 Å². The average Bonchev–Trinajstić information content (AvgIpc) is 2.99. The normalized spacial score (nSPS) is 23.6. The molecular formula is C16H23N5. The van der Waals surface area contributed by atoms with E-state index in [9.17, 15) is 0 Å². The predicted molar refractivity (Wildman–Crippen MR) is 84.9 cm³/mol. The molecule has 2 fully saturated rings. The van der Waals surface area contributed by atoms with Crippen LogP contribution in [-0.2, 0) is 0 Å². The van der Waals surface area contributed by atoms with Gasteiger partial charge in [0.1, 0.15) is 5.82 Å². The van der Waals surface area contributed by atoms with Gasteiger partial charge in [-0.3, -0.25) is 0 Å². The number of hydrogen-bond donors (Lipinski definition) is 2. The van der Waals surface area contributed by atoms with E-state index in [1.165, 1.54) is 30.5 Å². The van der Waals surface area contributed by atoms with Crippen molar-refractivity contribution in [1.82, 2.24) is 20.0 Å². The highest BCUT2D eigenvalue weighted by Crippen LogP contribution is 2.25. The van der Waals surface area contributed by atoms with Crippen molar-refractivity contribution in [2.45, 2.75) is 25.3 Å². The van der Waals surface area contributed by atoms with E-state index in [1.54, 1.807) is 0 Å². The Morgan fingerprint density at radius 3 is 2.86 bits per heavy atom. The molecule has 0 aliphatic carbocycles. The topological polar surface area (TPSA) is 44.6 Å². The predicted octanol–water partition coefficient (Wildman–Crippen LogP) is 1.56. The van der Waals surface area contributed by atoms with Crippen LogP contribution in [0.2, 0.25) is 0 Å². The van der Waals surface area contributed by atoms with Crippen molar-refractivity contribution in [3.8, 4) is 0 Å². The molecule has 21 heavy (non-hydrogen) atoms. The van der Waals surface area contributed by atoms with Crippen molar-refractivity contribution in [2.75, 3.05) is 37.6 Å². The lowest BCUT2D eigenvalue weighted by atomic mass is 10.0. The highest BCUT2D eigenvalue weighted by atomic mass is 15.2. The number of nitrogens with one attached hydrogen (secondary N) is 2. The van der Waals surface area contributed by atoms with Gasteiger partial charge in [0.15, 0.2) is 0 Å². The van der Waals surface area contributed by atoms with Gasteiger partial charge in [-0.05, 0) is 31.5 Å². The summed E-state index contributed by atoms with van der Waals surface area (Å²) in [6.07, 6.45) is 7.97. The molecule has 1 atom stereocenters. The molecule has 2 aliphatic heterocycles. The summed E-state index contributed by atoms with van der Waals surface area (Å²) in [6.45, 7) is 5.42. The maximum Gasteiger partial charge on any atom is 0.130 e. The lowest BCUT2D eigenvalue weighted by Gasteiger charge is -2.29. The lowest BCUT2D eigenvalue weighted by molar-refractivity contribution is 0.396. The molecule has 0 amide bonds. The minimum Gasteiger partial charge on any atom is -0.369 e. The minimum absolute atomic E-state index is 0.409. The first kappa shape index (κ1) is 13.1. The molecule has 0 aromatic carbocycles. The second-order valence-corrected chi connectivity index (χ2v) is 6.04. The van der Waals surface area contributed by atoms with Crippen LogP contribution in [0.4, 0.5) is 5.69 Å². The van der Waals surface area contributed by atoms with Gasteiger partial charge >= 0.3 is 0 Å². The molecule has 4 heterocycles. The van der Waals surface area contributed by atoms with Crippen molar-refractivity contribution < 1.29 is 0 Å². The zero-order valence-corrected chi connectivity index (χ0v) is 12.4. The number of piperazine rings is 1. The summed E-state index contributed by atoms with van der Waals surface area (Å²) in [5.74, 6) is 1.16. The van der Waals surface area contributed by atoms with Crippen molar-refractivity contribution in [3.05, 3.63) is 30.4 Å². The van der Waals surface area contributed by atoms with Crippen LogP contribution in [0.1, 0.15) is 31.1 Å². The van der Waals surface area contributed by atoms with Gasteiger partial charge in [0.25, 0.3) is 0 Å². The Morgan fingerprint density at radius 1 is 1.14 bits per heavy atom. The van der Waals surface area contributed by atoms with Crippen molar-refractivity contribution in [1.29, 1.82) is 0 Å². The number of pyridine rings is 1. The van der Waals surface area contributed by atoms with Gasteiger partial charge in [-0.1, -0.05) is 6.42 Å². The number of fused-ring (bicyclic) bond motifs is 1. The first-order chi connectivity index (χ1) is 10.4. The Morgan fingerprint density at radius 2 is 2.05 bits per heavy atom. The van der Waals surface area contributed by atoms with Crippen molar-refractivity contribution >= 4 is 11.2 Å². The van der Waals surface area contributed by atoms with E-state index in [0.29, 0.717) is 6.04 Å². The molecule has 2 aromatic heterocycles. The molecule has 2 aliphatic rings. The van der Waals surface area contributed by atoms with Gasteiger partial charge in [0.05, 0.1) is 17.8 Å². The van der Waals surface area contributed by atoms with E-state index in [2.05, 4.69) is 43.2 Å². The Balaban J connectivity index is 1.63. The molecule has 0 bridgehead atoms. The molecule has 2 aromatic rings. The van der Waals surface area contributed by atoms with Gasteiger partial charge in [-0.15, -0.1) is 0 Å². The Bertz CT molecular complexity index is 608. The minimum atomic E-state index is 0.409. The molecule has 112 valence electrons. The second kappa shape index (κ2) is 5.66. The fourth-order valence-electron chi connectivity index (χ4n) is 3.46. The van der Waals surface area contributed by atoms with Crippen molar-refractivity contribution in [2.24, 2.45) is 0 Å². The molecule has 5 nitrogen and oxygen atoms in total. The second-order valence-electron chi connectivity index (χ2n) is 6.04. The standard InChI is InChI=1S/C16H23N5/c1-2-5-18-15(3-1)16-19-12-14-11-13(4-8-21(14)16)20-9-6-17-7-10-20/h4,8,11-12,15,17-18H,1-3,5-7,9-10H2. The third kappa shape index (κ3) is 2.51. The van der Waals surface area contributed by atoms with E-state index in [4.69, 9.17) is 0 Å². The van der Waals surface area contributed by atoms with E-state index < -0.39 is 0 Å². The van der Waals surface area contributed by atoms with E-state index in [0.717, 1.165) is 38.5 Å². The monoisotopic (exact) mass is 285 g/mol. The molecule has 2 saturated heterocycles. The third-order valence-electron chi connectivity index (χ3n) is 4.65. The zero-order valence-electron chi connectivity index (χ0n) is 12.4. The van der Waals surface area contributed by atoms with Crippen LogP contribution in [0, 0.1) is 0 Å². The average molecular weight is 285 g/mol. The highest BCUT2D eigenvalue weighted by Gasteiger charge is 2.19. The summed E-state index contributed by atoms with van der Waals surface area (Å²) in [5, 5.41) is 6.99. The smallest absolute Gasteiger partial charge is 0.130 e. The number of aromatic nitrogens is 2. The number of piperidine rings is 1. The summed E-state index contributed by atoms with van der Waals surface area (Å²) >= 11 is 0. The molecule has 0 saturated carbocycles. The van der Waals surface area contributed by atoms with Gasteiger partial charge in [0, 0.05) is 38.1 Å². The van der Waals surface area contributed by atoms with Crippen LogP contribution < -0.4 is 15.5 Å². The van der Waals surface area contributed by atoms with Gasteiger partial charge in [0.2, 0.25) is 0 Å². The first-order valence-electron chi connectivity index (χ1n) is 8.08. The highest BCUT2D eigenvalue weighted by molar-refractivity contribution is 5.60. The Labute approximate surface area is 125 Å². The number of anilines is 1. The van der Waals surface area contributed by atoms with Crippen LogP contribution >= 0.6 is 0 Å². The number of imidazole rings is 1. The fraction of sp³-hybridized carbons (Fsp3) is 0.562. The van der Waals surface area contributed by atoms with Crippen LogP contribution in [0.15, 0.2) is 24.5 Å². The number of rotatable bonds is 2. The SMILES string of the molecule is c1cn2c(C3CCCCN3)ncc2cc1N1CCNCC1. The lowest BCUT2D eigenvalue weighted by Crippen LogP contribution is -2.43. The number of hydrogen-bond acceptors (Lipinski definition) is 4. The molecule has 1 unspecified atom stereocenters. The molecule has 5 heteroatoms. The summed E-state index contributed by atoms with van der Waals surface area (Å²) in [5.41, 5.74) is 2.51. The van der Waals surface area contributed by atoms with E-state index in [1.807, 2.05) is 6.20 Å². The van der Waals surface area contributed by atoms with Gasteiger partial charge in [-0.25, -0.2) is 4.98 Å². The maximum absolute atomic E-state index is 4.67. The fourth-order valence-corrected chi connectivity index (χ4v) is 3.46.